The fraction of sp³-hybridized carbons (Fsp3) is 0.455. The molecule has 0 aliphatic heterocycles. The molecule has 2 N–H and O–H groups in total. The van der Waals surface area contributed by atoms with E-state index >= 15 is 0 Å². The highest BCUT2D eigenvalue weighted by atomic mass is 32.2. The number of halogens is 1. The number of nitro benzene ring substituents is 1. The van der Waals surface area contributed by atoms with Gasteiger partial charge in [-0.2, -0.15) is 4.39 Å². The summed E-state index contributed by atoms with van der Waals surface area (Å²) in [5.41, 5.74) is -1.08. The van der Waals surface area contributed by atoms with Crippen LogP contribution in [0.4, 0.5) is 10.1 Å². The number of aryl methyl sites for hydroxylation is 1. The molecule has 0 heterocycles. The van der Waals surface area contributed by atoms with Gasteiger partial charge in [-0.3, -0.25) is 10.1 Å². The van der Waals surface area contributed by atoms with Gasteiger partial charge in [-0.15, -0.1) is 0 Å². The Labute approximate surface area is 115 Å². The smallest absolute Gasteiger partial charge is 0.309 e. The van der Waals surface area contributed by atoms with Crippen molar-refractivity contribution >= 4 is 15.7 Å². The topological polar surface area (TPSA) is 110 Å². The molecule has 1 unspecified atom stereocenters. The van der Waals surface area contributed by atoms with E-state index < -0.39 is 39.1 Å². The summed E-state index contributed by atoms with van der Waals surface area (Å²) in [5, 5.41) is 19.7. The predicted octanol–water partition coefficient (Wildman–Crippen LogP) is 1.01. The van der Waals surface area contributed by atoms with Crippen LogP contribution in [0.1, 0.15) is 18.1 Å². The molecule has 0 aliphatic rings. The molecule has 0 radical (unpaired) electrons. The van der Waals surface area contributed by atoms with Crippen LogP contribution in [0, 0.1) is 29.8 Å². The molecule has 9 heteroatoms. The number of aliphatic hydroxyl groups excluding tert-OH is 1. The quantitative estimate of drug-likeness (QED) is 0.623. The molecule has 112 valence electrons. The highest BCUT2D eigenvalue weighted by molar-refractivity contribution is 7.89. The molecular formula is C11H15FN2O5S. The fourth-order valence-corrected chi connectivity index (χ4v) is 3.61. The first-order valence-electron chi connectivity index (χ1n) is 5.69. The zero-order valence-electron chi connectivity index (χ0n) is 11.2. The van der Waals surface area contributed by atoms with Gasteiger partial charge in [0.15, 0.2) is 0 Å². The van der Waals surface area contributed by atoms with Crippen LogP contribution in [0.2, 0.25) is 0 Å². The Balaban J connectivity index is 3.53. The third kappa shape index (κ3) is 3.11. The van der Waals surface area contributed by atoms with Crippen LogP contribution in [-0.2, 0) is 10.0 Å². The van der Waals surface area contributed by atoms with Crippen molar-refractivity contribution in [2.45, 2.75) is 31.7 Å². The molecule has 1 aromatic carbocycles. The van der Waals surface area contributed by atoms with E-state index in [-0.39, 0.29) is 16.0 Å². The molecule has 0 aliphatic carbocycles. The van der Waals surface area contributed by atoms with E-state index in [2.05, 4.69) is 4.72 Å². The molecule has 0 saturated heterocycles. The van der Waals surface area contributed by atoms with Crippen molar-refractivity contribution in [3.8, 4) is 0 Å². The average molecular weight is 306 g/mol. The minimum absolute atomic E-state index is 0.0586. The van der Waals surface area contributed by atoms with Crippen LogP contribution >= 0.6 is 0 Å². The number of sulfonamides is 1. The van der Waals surface area contributed by atoms with Crippen LogP contribution in [0.25, 0.3) is 0 Å². The molecule has 7 nitrogen and oxygen atoms in total. The summed E-state index contributed by atoms with van der Waals surface area (Å²) >= 11 is 0. The number of benzene rings is 1. The van der Waals surface area contributed by atoms with Crippen molar-refractivity contribution in [2.24, 2.45) is 0 Å². The maximum Gasteiger partial charge on any atom is 0.309 e. The number of nitrogens with one attached hydrogen (secondary N) is 1. The molecule has 20 heavy (non-hydrogen) atoms. The van der Waals surface area contributed by atoms with Gasteiger partial charge >= 0.3 is 5.69 Å². The lowest BCUT2D eigenvalue weighted by molar-refractivity contribution is -0.388. The van der Waals surface area contributed by atoms with Crippen molar-refractivity contribution in [3.63, 3.8) is 0 Å². The number of nitro groups is 1. The van der Waals surface area contributed by atoms with E-state index in [0.717, 1.165) is 6.07 Å². The second-order valence-electron chi connectivity index (χ2n) is 4.44. The lowest BCUT2D eigenvalue weighted by Crippen LogP contribution is -2.35. The fourth-order valence-electron chi connectivity index (χ4n) is 1.91. The van der Waals surface area contributed by atoms with Gasteiger partial charge in [0, 0.05) is 6.04 Å². The highest BCUT2D eigenvalue weighted by Gasteiger charge is 2.29. The Morgan fingerprint density at radius 2 is 2.05 bits per heavy atom. The Bertz CT molecular complexity index is 645. The first-order valence-corrected chi connectivity index (χ1v) is 7.17. The zero-order valence-corrected chi connectivity index (χ0v) is 12.0. The number of aliphatic hydroxyl groups is 1. The molecule has 0 aromatic heterocycles. The maximum absolute atomic E-state index is 13.6. The monoisotopic (exact) mass is 306 g/mol. The van der Waals surface area contributed by atoms with Crippen molar-refractivity contribution in [1.82, 2.24) is 4.72 Å². The largest absolute Gasteiger partial charge is 0.395 e. The lowest BCUT2D eigenvalue weighted by Gasteiger charge is -2.15. The van der Waals surface area contributed by atoms with Crippen LogP contribution in [0.5, 0.6) is 0 Å². The van der Waals surface area contributed by atoms with E-state index in [0.29, 0.717) is 0 Å². The van der Waals surface area contributed by atoms with Gasteiger partial charge in [-0.1, -0.05) is 0 Å². The van der Waals surface area contributed by atoms with Gasteiger partial charge < -0.3 is 5.11 Å². The summed E-state index contributed by atoms with van der Waals surface area (Å²) in [6.07, 6.45) is 0. The van der Waals surface area contributed by atoms with Gasteiger partial charge in [0.05, 0.1) is 22.0 Å². The molecule has 0 saturated carbocycles. The molecule has 0 spiro atoms. The minimum atomic E-state index is -4.09. The molecule has 0 amide bonds. The summed E-state index contributed by atoms with van der Waals surface area (Å²) in [6, 6.07) is 0.0476. The first kappa shape index (κ1) is 16.5. The maximum atomic E-state index is 13.6. The SMILES string of the molecule is Cc1cc(F)c([N+](=O)[O-])c(C)c1S(=O)(=O)NC(C)CO. The second-order valence-corrected chi connectivity index (χ2v) is 6.09. The van der Waals surface area contributed by atoms with Gasteiger partial charge in [0.1, 0.15) is 0 Å². The van der Waals surface area contributed by atoms with E-state index in [1.165, 1.54) is 20.8 Å². The van der Waals surface area contributed by atoms with E-state index in [1.54, 1.807) is 0 Å². The molecule has 0 bridgehead atoms. The number of rotatable bonds is 5. The first-order chi connectivity index (χ1) is 9.11. The highest BCUT2D eigenvalue weighted by Crippen LogP contribution is 2.31. The van der Waals surface area contributed by atoms with Crippen LogP contribution in [0.15, 0.2) is 11.0 Å². The third-order valence-electron chi connectivity index (χ3n) is 2.70. The van der Waals surface area contributed by atoms with Crippen molar-refractivity contribution in [3.05, 3.63) is 33.1 Å². The number of hydrogen-bond donors (Lipinski definition) is 2. The third-order valence-corrected chi connectivity index (χ3v) is 4.58. The predicted molar refractivity (Wildman–Crippen MR) is 69.4 cm³/mol. The summed E-state index contributed by atoms with van der Waals surface area (Å²) in [4.78, 5) is 9.52. The Morgan fingerprint density at radius 3 is 2.50 bits per heavy atom. The Kier molecular flexibility index (Phi) is 4.79. The second kappa shape index (κ2) is 5.81. The molecule has 1 rings (SSSR count). The Morgan fingerprint density at radius 1 is 1.50 bits per heavy atom. The van der Waals surface area contributed by atoms with Crippen LogP contribution in [-0.4, -0.2) is 31.1 Å². The molecule has 0 fully saturated rings. The van der Waals surface area contributed by atoms with Gasteiger partial charge in [-0.05, 0) is 32.4 Å². The van der Waals surface area contributed by atoms with Crippen LogP contribution < -0.4 is 4.72 Å². The van der Waals surface area contributed by atoms with Gasteiger partial charge in [-0.25, -0.2) is 13.1 Å². The number of hydrogen-bond acceptors (Lipinski definition) is 5. The lowest BCUT2D eigenvalue weighted by atomic mass is 10.1. The van der Waals surface area contributed by atoms with Crippen molar-refractivity contribution < 1.29 is 22.8 Å². The van der Waals surface area contributed by atoms with E-state index in [1.807, 2.05) is 0 Å². The van der Waals surface area contributed by atoms with Crippen molar-refractivity contribution in [1.29, 1.82) is 0 Å². The normalized spacial score (nSPS) is 13.2. The number of nitrogens with zero attached hydrogens (tertiary/aromatic N) is 1. The standard InChI is InChI=1S/C11H15FN2O5S/c1-6-4-9(12)10(14(16)17)8(3)11(6)20(18,19)13-7(2)5-15/h4,7,13,15H,5H2,1-3H3. The summed E-state index contributed by atoms with van der Waals surface area (Å²) in [6.45, 7) is 3.52. The molecular weight excluding hydrogens is 291 g/mol. The summed E-state index contributed by atoms with van der Waals surface area (Å²) < 4.78 is 40.1. The minimum Gasteiger partial charge on any atom is -0.395 e. The van der Waals surface area contributed by atoms with Crippen LogP contribution in [0.3, 0.4) is 0 Å². The van der Waals surface area contributed by atoms with E-state index in [9.17, 15) is 22.9 Å². The van der Waals surface area contributed by atoms with Gasteiger partial charge in [0.2, 0.25) is 15.8 Å². The average Bonchev–Trinajstić information content (AvgIpc) is 2.25. The van der Waals surface area contributed by atoms with Crippen molar-refractivity contribution in [2.75, 3.05) is 6.61 Å². The zero-order chi connectivity index (χ0) is 15.7. The van der Waals surface area contributed by atoms with Gasteiger partial charge in [0.25, 0.3) is 0 Å². The Hall–Kier alpha value is -1.58. The molecule has 1 aromatic rings. The van der Waals surface area contributed by atoms with E-state index in [4.69, 9.17) is 5.11 Å². The summed E-state index contributed by atoms with van der Waals surface area (Å²) in [7, 11) is -4.09. The summed E-state index contributed by atoms with van der Waals surface area (Å²) in [5.74, 6) is -1.08. The molecule has 1 atom stereocenters.